The second-order valence-corrected chi connectivity index (χ2v) is 3.04. The Morgan fingerprint density at radius 1 is 1.22 bits per heavy atom. The first-order chi connectivity index (χ1) is 4.30. The van der Waals surface area contributed by atoms with Gasteiger partial charge in [0.25, 0.3) is 0 Å². The average molecular weight is 141 g/mol. The SMILES string of the molecule is N[PH](=O)c1ccccc1. The summed E-state index contributed by atoms with van der Waals surface area (Å²) in [6.07, 6.45) is 0. The molecule has 0 aliphatic carbocycles. The van der Waals surface area contributed by atoms with Gasteiger partial charge in [-0.1, -0.05) is 30.3 Å². The largest absolute Gasteiger partial charge is 0.305 e. The van der Waals surface area contributed by atoms with E-state index in [1.165, 1.54) is 0 Å². The maximum atomic E-state index is 10.6. The summed E-state index contributed by atoms with van der Waals surface area (Å²) in [4.78, 5) is 0. The highest BCUT2D eigenvalue weighted by atomic mass is 31.1. The Balaban J connectivity index is 2.98. The van der Waals surface area contributed by atoms with E-state index < -0.39 is 7.95 Å². The van der Waals surface area contributed by atoms with Gasteiger partial charge in [-0.05, 0) is 0 Å². The molecule has 0 aromatic heterocycles. The van der Waals surface area contributed by atoms with Crippen molar-refractivity contribution in [3.05, 3.63) is 30.3 Å². The number of rotatable bonds is 1. The van der Waals surface area contributed by atoms with Crippen molar-refractivity contribution in [2.24, 2.45) is 5.50 Å². The minimum Gasteiger partial charge on any atom is -0.305 e. The van der Waals surface area contributed by atoms with Gasteiger partial charge in [0.15, 0.2) is 7.95 Å². The first-order valence-electron chi connectivity index (χ1n) is 2.65. The first kappa shape index (κ1) is 6.53. The third-order valence-corrected chi connectivity index (χ3v) is 1.96. The van der Waals surface area contributed by atoms with Crippen molar-refractivity contribution in [1.82, 2.24) is 0 Å². The molecule has 0 heterocycles. The lowest BCUT2D eigenvalue weighted by molar-refractivity contribution is 0.594. The standard InChI is InChI=1S/C6H8NOP/c7-9(8)6-4-2-1-3-5-6/h1-5,9H,(H2,7,8). The summed E-state index contributed by atoms with van der Waals surface area (Å²) in [5, 5.41) is 0.738. The molecule has 0 radical (unpaired) electrons. The van der Waals surface area contributed by atoms with E-state index in [4.69, 9.17) is 5.50 Å². The van der Waals surface area contributed by atoms with Crippen molar-refractivity contribution in [1.29, 1.82) is 0 Å². The zero-order valence-corrected chi connectivity index (χ0v) is 5.87. The predicted octanol–water partition coefficient (Wildman–Crippen LogP) is 0.745. The highest BCUT2D eigenvalue weighted by Gasteiger charge is 1.91. The molecule has 0 saturated carbocycles. The van der Waals surface area contributed by atoms with Crippen molar-refractivity contribution < 1.29 is 4.57 Å². The molecule has 48 valence electrons. The number of hydrogen-bond acceptors (Lipinski definition) is 1. The van der Waals surface area contributed by atoms with Crippen molar-refractivity contribution in [3.8, 4) is 0 Å². The van der Waals surface area contributed by atoms with Gasteiger partial charge >= 0.3 is 0 Å². The average Bonchev–Trinajstić information content (AvgIpc) is 1.90. The molecule has 2 nitrogen and oxygen atoms in total. The summed E-state index contributed by atoms with van der Waals surface area (Å²) in [5.74, 6) is 0. The quantitative estimate of drug-likeness (QED) is 0.586. The van der Waals surface area contributed by atoms with Gasteiger partial charge < -0.3 is 4.57 Å². The van der Waals surface area contributed by atoms with Crippen LogP contribution < -0.4 is 10.8 Å². The summed E-state index contributed by atoms with van der Waals surface area (Å²) >= 11 is 0. The van der Waals surface area contributed by atoms with E-state index in [-0.39, 0.29) is 0 Å². The van der Waals surface area contributed by atoms with E-state index in [0.29, 0.717) is 0 Å². The van der Waals surface area contributed by atoms with Gasteiger partial charge in [0, 0.05) is 5.30 Å². The third-order valence-electron chi connectivity index (χ3n) is 1.06. The van der Waals surface area contributed by atoms with Crippen LogP contribution in [0, 0.1) is 0 Å². The molecule has 0 aliphatic heterocycles. The van der Waals surface area contributed by atoms with Gasteiger partial charge in [-0.2, -0.15) is 0 Å². The van der Waals surface area contributed by atoms with Gasteiger partial charge in [0.2, 0.25) is 0 Å². The van der Waals surface area contributed by atoms with Gasteiger partial charge in [0.05, 0.1) is 0 Å². The molecule has 0 saturated heterocycles. The maximum Gasteiger partial charge on any atom is 0.162 e. The summed E-state index contributed by atoms with van der Waals surface area (Å²) in [6.45, 7) is 0. The third kappa shape index (κ3) is 1.67. The molecular weight excluding hydrogens is 133 g/mol. The Bertz CT molecular complexity index is 210. The van der Waals surface area contributed by atoms with Crippen LogP contribution in [0.2, 0.25) is 0 Å². The zero-order chi connectivity index (χ0) is 6.69. The molecule has 1 aromatic carbocycles. The molecule has 3 heteroatoms. The lowest BCUT2D eigenvalue weighted by Gasteiger charge is -1.91. The Morgan fingerprint density at radius 3 is 2.11 bits per heavy atom. The summed E-state index contributed by atoms with van der Waals surface area (Å²) in [6, 6.07) is 9.05. The molecule has 9 heavy (non-hydrogen) atoms. The van der Waals surface area contributed by atoms with Crippen LogP contribution in [-0.4, -0.2) is 0 Å². The lowest BCUT2D eigenvalue weighted by atomic mass is 10.4. The van der Waals surface area contributed by atoms with Crippen LogP contribution in [0.4, 0.5) is 0 Å². The van der Waals surface area contributed by atoms with Gasteiger partial charge in [-0.15, -0.1) is 0 Å². The Hall–Kier alpha value is -0.590. The molecule has 0 aliphatic rings. The minimum absolute atomic E-state index is 0.738. The monoisotopic (exact) mass is 141 g/mol. The highest BCUT2D eigenvalue weighted by Crippen LogP contribution is 2.05. The van der Waals surface area contributed by atoms with Crippen LogP contribution in [0.1, 0.15) is 0 Å². The summed E-state index contributed by atoms with van der Waals surface area (Å²) in [5.41, 5.74) is 5.16. The maximum absolute atomic E-state index is 10.6. The predicted molar refractivity (Wildman–Crippen MR) is 39.3 cm³/mol. The molecule has 1 aromatic rings. The highest BCUT2D eigenvalue weighted by molar-refractivity contribution is 7.50. The summed E-state index contributed by atoms with van der Waals surface area (Å²) < 4.78 is 10.6. The fourth-order valence-electron chi connectivity index (χ4n) is 0.602. The Labute approximate surface area is 54.5 Å². The van der Waals surface area contributed by atoms with E-state index in [1.807, 2.05) is 18.2 Å². The smallest absolute Gasteiger partial charge is 0.162 e. The normalized spacial score (nSPS) is 13.0. The van der Waals surface area contributed by atoms with Crippen LogP contribution >= 0.6 is 7.95 Å². The van der Waals surface area contributed by atoms with Crippen molar-refractivity contribution in [2.75, 3.05) is 0 Å². The molecule has 1 atom stereocenters. The molecule has 2 N–H and O–H groups in total. The lowest BCUT2D eigenvalue weighted by Crippen LogP contribution is -1.98. The van der Waals surface area contributed by atoms with Gasteiger partial charge in [-0.25, -0.2) is 0 Å². The van der Waals surface area contributed by atoms with Crippen LogP contribution in [0.25, 0.3) is 0 Å². The fourth-order valence-corrected chi connectivity index (χ4v) is 1.12. The number of benzene rings is 1. The van der Waals surface area contributed by atoms with E-state index in [2.05, 4.69) is 0 Å². The molecule has 0 fully saturated rings. The topological polar surface area (TPSA) is 43.1 Å². The molecule has 1 unspecified atom stereocenters. The second-order valence-electron chi connectivity index (χ2n) is 1.73. The molecule has 0 amide bonds. The van der Waals surface area contributed by atoms with E-state index >= 15 is 0 Å². The molecule has 1 rings (SSSR count). The van der Waals surface area contributed by atoms with E-state index in [9.17, 15) is 4.57 Å². The van der Waals surface area contributed by atoms with Crippen LogP contribution in [-0.2, 0) is 4.57 Å². The molecular formula is C6H8NOP. The van der Waals surface area contributed by atoms with Gasteiger partial charge in [0.1, 0.15) is 0 Å². The van der Waals surface area contributed by atoms with Crippen molar-refractivity contribution in [3.63, 3.8) is 0 Å². The first-order valence-corrected chi connectivity index (χ1v) is 4.14. The number of hydrogen-bond donors (Lipinski definition) is 1. The Morgan fingerprint density at radius 2 is 1.78 bits per heavy atom. The van der Waals surface area contributed by atoms with E-state index in [1.54, 1.807) is 12.1 Å². The number of nitrogens with two attached hydrogens (primary N) is 1. The molecule has 0 bridgehead atoms. The Kier molecular flexibility index (Phi) is 2.04. The summed E-state index contributed by atoms with van der Waals surface area (Å²) in [7, 11) is -1.96. The van der Waals surface area contributed by atoms with E-state index in [0.717, 1.165) is 5.30 Å². The van der Waals surface area contributed by atoms with Crippen LogP contribution in [0.15, 0.2) is 30.3 Å². The fraction of sp³-hybridized carbons (Fsp3) is 0. The molecule has 0 spiro atoms. The zero-order valence-electron chi connectivity index (χ0n) is 4.87. The second kappa shape index (κ2) is 2.81. The minimum atomic E-state index is -1.96. The van der Waals surface area contributed by atoms with Crippen molar-refractivity contribution in [2.45, 2.75) is 0 Å². The van der Waals surface area contributed by atoms with Crippen molar-refractivity contribution >= 4 is 13.3 Å². The van der Waals surface area contributed by atoms with Crippen LogP contribution in [0.5, 0.6) is 0 Å². The van der Waals surface area contributed by atoms with Crippen LogP contribution in [0.3, 0.4) is 0 Å². The van der Waals surface area contributed by atoms with Gasteiger partial charge in [-0.3, -0.25) is 5.50 Å².